The first kappa shape index (κ1) is 47.7. The highest BCUT2D eigenvalue weighted by Gasteiger charge is 2.49. The number of benzene rings is 3. The number of amides is 1. The highest BCUT2D eigenvalue weighted by atomic mass is 16.7. The second kappa shape index (κ2) is 18.6. The van der Waals surface area contributed by atoms with E-state index in [9.17, 15) is 40.0 Å². The van der Waals surface area contributed by atoms with Gasteiger partial charge in [0.05, 0.1) is 35.5 Å². The molecular weight excluding hydrogens is 855 g/mol. The Balaban J connectivity index is 1.47. The zero-order chi connectivity index (χ0) is 48.1. The molecule has 1 amide bonds. The number of aliphatic hydroxyl groups is 2. The van der Waals surface area contributed by atoms with Crippen LogP contribution >= 0.6 is 0 Å². The van der Waals surface area contributed by atoms with Gasteiger partial charge in [0.2, 0.25) is 5.43 Å². The average molecular weight is 914 g/mol. The number of allylic oxidation sites excluding steroid dienone is 2. The molecule has 18 heteroatoms. The number of rotatable bonds is 3. The number of aliphatic hydroxyl groups excluding tert-OH is 2. The number of nitrogens with zero attached hydrogens (tertiary/aromatic N) is 4. The summed E-state index contributed by atoms with van der Waals surface area (Å²) in [4.78, 5) is 50.5. The van der Waals surface area contributed by atoms with E-state index in [0.717, 1.165) is 13.1 Å². The first-order valence-electron chi connectivity index (χ1n) is 22.0. The summed E-state index contributed by atoms with van der Waals surface area (Å²) >= 11 is 0. The lowest BCUT2D eigenvalue weighted by molar-refractivity contribution is -0.160. The number of ether oxygens (including phenoxy) is 4. The number of anilines is 2. The summed E-state index contributed by atoms with van der Waals surface area (Å²) in [7, 11) is 3.47. The third-order valence-electron chi connectivity index (χ3n) is 13.4. The third-order valence-corrected chi connectivity index (χ3v) is 13.4. The predicted molar refractivity (Wildman–Crippen MR) is 246 cm³/mol. The van der Waals surface area contributed by atoms with Crippen LogP contribution in [0.2, 0.25) is 0 Å². The molecular formula is C48H59N5O13. The van der Waals surface area contributed by atoms with Crippen molar-refractivity contribution < 1.29 is 58.6 Å². The number of hydrogen-bond acceptors (Lipinski definition) is 17. The maximum Gasteiger partial charge on any atom is 0.302 e. The lowest BCUT2D eigenvalue weighted by atomic mass is 9.78. The molecule has 4 bridgehead atoms. The summed E-state index contributed by atoms with van der Waals surface area (Å²) in [6.45, 7) is 15.5. The van der Waals surface area contributed by atoms with E-state index in [1.165, 1.54) is 53.2 Å². The Bertz CT molecular complexity index is 2700. The third kappa shape index (κ3) is 8.53. The number of phenolic OH excluding ortho intramolecular Hbond substituents is 2. The standard InChI is InChI=1S/C48H59N5O13/c1-22-12-11-13-23(2)47(60)50-38-42(59)34-33(37-45(38)65-32-21-29(20-30(55)36(32)49-37)53-17-15-52(9)16-18-53)35-44(27(6)41(34)58)66-48(8,46(35)51-61)63-19-14-31(62-10)24(3)43(64-28(7)54)26(5)40(57)25(4)39(22)56/h11-14,19-22,24-26,31,39-40,43,55-58,61H,15-18H2,1-10H3,(H,50,60)/b12-11+,19-14+,23-13-,51-46-/t22-,24+,25+,26+,31-,39-,40+,43+,48-/m0/s1. The fourth-order valence-corrected chi connectivity index (χ4v) is 9.28. The number of nitrogens with one attached hydrogen (secondary N) is 1. The Morgan fingerprint density at radius 1 is 0.985 bits per heavy atom. The summed E-state index contributed by atoms with van der Waals surface area (Å²) in [5.74, 6) is -6.78. The van der Waals surface area contributed by atoms with Crippen LogP contribution in [0.25, 0.3) is 33.3 Å². The van der Waals surface area contributed by atoms with Crippen molar-refractivity contribution in [1.82, 2.24) is 9.88 Å². The van der Waals surface area contributed by atoms with Crippen LogP contribution in [-0.2, 0) is 23.8 Å². The van der Waals surface area contributed by atoms with Crippen molar-refractivity contribution in [3.8, 4) is 28.7 Å². The van der Waals surface area contributed by atoms with E-state index in [1.807, 2.05) is 7.05 Å². The van der Waals surface area contributed by atoms with Crippen molar-refractivity contribution in [2.45, 2.75) is 85.6 Å². The van der Waals surface area contributed by atoms with Crippen LogP contribution in [0.4, 0.5) is 11.4 Å². The normalized spacial score (nSPS) is 30.5. The highest BCUT2D eigenvalue weighted by molar-refractivity contribution is 6.24. The monoisotopic (exact) mass is 913 g/mol. The Labute approximate surface area is 381 Å². The molecule has 2 aromatic carbocycles. The molecule has 0 saturated carbocycles. The number of aromatic nitrogens is 1. The summed E-state index contributed by atoms with van der Waals surface area (Å²) in [6.07, 6.45) is 3.58. The van der Waals surface area contributed by atoms with Gasteiger partial charge in [0.15, 0.2) is 17.1 Å². The number of fused-ring (bicyclic) bond motifs is 2. The maximum atomic E-state index is 14.9. The molecule has 0 spiro atoms. The Hall–Kier alpha value is -6.21. The lowest BCUT2D eigenvalue weighted by Gasteiger charge is -2.38. The van der Waals surface area contributed by atoms with Crippen LogP contribution in [0.15, 0.2) is 62.6 Å². The first-order valence-corrected chi connectivity index (χ1v) is 22.0. The number of aromatic hydroxyl groups is 2. The molecule has 2 aromatic rings. The van der Waals surface area contributed by atoms with E-state index in [-0.39, 0.29) is 72.9 Å². The minimum absolute atomic E-state index is 0.00313. The molecule has 7 rings (SSSR count). The lowest BCUT2D eigenvalue weighted by Crippen LogP contribution is -2.46. The van der Waals surface area contributed by atoms with Gasteiger partial charge < -0.3 is 64.1 Å². The predicted octanol–water partition coefficient (Wildman–Crippen LogP) is 5.40. The van der Waals surface area contributed by atoms with E-state index < -0.39 is 76.9 Å². The van der Waals surface area contributed by atoms with Crippen molar-refractivity contribution in [1.29, 1.82) is 0 Å². The second-order valence-electron chi connectivity index (χ2n) is 17.9. The molecule has 4 aliphatic heterocycles. The molecule has 66 heavy (non-hydrogen) atoms. The average Bonchev–Trinajstić information content (AvgIpc) is 3.59. The number of oxime groups is 1. The van der Waals surface area contributed by atoms with Crippen LogP contribution < -0.4 is 20.4 Å². The van der Waals surface area contributed by atoms with E-state index >= 15 is 0 Å². The summed E-state index contributed by atoms with van der Waals surface area (Å²) in [5.41, 5.74) is -0.587. The summed E-state index contributed by atoms with van der Waals surface area (Å²) in [6, 6.07) is 3.26. The molecule has 18 nitrogen and oxygen atoms in total. The van der Waals surface area contributed by atoms with E-state index in [0.29, 0.717) is 18.8 Å². The van der Waals surface area contributed by atoms with Crippen LogP contribution in [-0.4, -0.2) is 124 Å². The second-order valence-corrected chi connectivity index (χ2v) is 17.9. The number of carbonyl (C=O) groups excluding carboxylic acids is 2. The minimum Gasteiger partial charge on any atom is -0.507 e. The fourth-order valence-electron chi connectivity index (χ4n) is 9.28. The van der Waals surface area contributed by atoms with Crippen molar-refractivity contribution >= 4 is 50.8 Å². The Morgan fingerprint density at radius 3 is 2.33 bits per heavy atom. The van der Waals surface area contributed by atoms with Gasteiger partial charge >= 0.3 is 5.97 Å². The molecule has 5 aliphatic rings. The number of phenols is 2. The molecule has 9 atom stereocenters. The van der Waals surface area contributed by atoms with Crippen LogP contribution in [0.5, 0.6) is 17.2 Å². The zero-order valence-corrected chi connectivity index (χ0v) is 38.8. The summed E-state index contributed by atoms with van der Waals surface area (Å²) < 4.78 is 30.7. The van der Waals surface area contributed by atoms with Crippen molar-refractivity contribution in [2.75, 3.05) is 50.6 Å². The number of likely N-dealkylation sites (N-methyl/N-ethyl adjacent to an activating group) is 1. The molecule has 4 heterocycles. The molecule has 1 fully saturated rings. The molecule has 0 aromatic heterocycles. The quantitative estimate of drug-likeness (QED) is 0.0495. The zero-order valence-electron chi connectivity index (χ0n) is 38.8. The topological polar surface area (TPSA) is 246 Å². The van der Waals surface area contributed by atoms with Gasteiger partial charge in [-0.2, -0.15) is 0 Å². The Kier molecular flexibility index (Phi) is 13.4. The maximum absolute atomic E-state index is 14.9. The fraction of sp³-hybridized carbons (Fsp3) is 0.479. The van der Waals surface area contributed by atoms with Crippen LogP contribution in [0, 0.1) is 30.6 Å². The van der Waals surface area contributed by atoms with Gasteiger partial charge in [0.25, 0.3) is 11.7 Å². The van der Waals surface area contributed by atoms with Gasteiger partial charge in [-0.05, 0) is 27.0 Å². The van der Waals surface area contributed by atoms with Gasteiger partial charge in [-0.25, -0.2) is 4.98 Å². The first-order chi connectivity index (χ1) is 31.2. The van der Waals surface area contributed by atoms with Crippen LogP contribution in [0.3, 0.4) is 0 Å². The van der Waals surface area contributed by atoms with Gasteiger partial charge in [0, 0.05) is 105 Å². The molecule has 1 saturated heterocycles. The van der Waals surface area contributed by atoms with E-state index in [1.54, 1.807) is 52.0 Å². The summed E-state index contributed by atoms with van der Waals surface area (Å²) in [5, 5.41) is 63.2. The Morgan fingerprint density at radius 2 is 1.68 bits per heavy atom. The highest BCUT2D eigenvalue weighted by Crippen LogP contribution is 2.51. The van der Waals surface area contributed by atoms with Crippen LogP contribution in [0.1, 0.15) is 59.6 Å². The van der Waals surface area contributed by atoms with E-state index in [4.69, 9.17) is 28.3 Å². The minimum atomic E-state index is -1.93. The number of methoxy groups -OCH3 is 1. The number of piperazine rings is 1. The van der Waals surface area contributed by atoms with Crippen molar-refractivity contribution in [3.63, 3.8) is 0 Å². The van der Waals surface area contributed by atoms with Gasteiger partial charge in [-0.15, -0.1) is 0 Å². The van der Waals surface area contributed by atoms with Crippen molar-refractivity contribution in [3.05, 3.63) is 69.6 Å². The molecule has 0 radical (unpaired) electrons. The van der Waals surface area contributed by atoms with E-state index in [2.05, 4.69) is 20.3 Å². The molecule has 1 aliphatic carbocycles. The van der Waals surface area contributed by atoms with Crippen molar-refractivity contribution in [2.24, 2.45) is 28.8 Å². The van der Waals surface area contributed by atoms with Gasteiger partial charge in [0.1, 0.15) is 40.3 Å². The molecule has 6 N–H and O–H groups in total. The largest absolute Gasteiger partial charge is 0.507 e. The number of carbonyl (C=O) groups is 2. The number of hydrogen-bond donors (Lipinski definition) is 6. The van der Waals surface area contributed by atoms with Gasteiger partial charge in [-0.1, -0.05) is 51.1 Å². The molecule has 354 valence electrons. The van der Waals surface area contributed by atoms with Gasteiger partial charge in [-0.3, -0.25) is 14.4 Å². The smallest absolute Gasteiger partial charge is 0.302 e. The molecule has 0 unspecified atom stereocenters. The SMILES string of the molecule is CO[C@H]1/C=C/O[C@@]2(C)Oc3c(C)c(O)c4c(=O)c(c5oc6cc(N7CCN(C)CC7)cc(O)c6nc-5c4c3/C2=N/O)NC(=O)/C(C)=C\C=C\[C@H](C)[C@H](O)[C@@H](C)[C@@H](O)[C@@H](C)[C@H](OC(C)=O)[C@@H]1C. The number of esters is 1.